The molecule has 0 radical (unpaired) electrons. The van der Waals surface area contributed by atoms with Crippen molar-refractivity contribution in [2.45, 2.75) is 13.8 Å². The summed E-state index contributed by atoms with van der Waals surface area (Å²) in [6, 6.07) is 11.3. The zero-order valence-electron chi connectivity index (χ0n) is 12.0. The molecule has 3 nitrogen and oxygen atoms in total. The van der Waals surface area contributed by atoms with Crippen molar-refractivity contribution in [2.75, 3.05) is 6.61 Å². The fraction of sp³-hybridized carbons (Fsp3) is 0.235. The molecule has 0 unspecified atom stereocenters. The van der Waals surface area contributed by atoms with Gasteiger partial charge in [-0.15, -0.1) is 0 Å². The van der Waals surface area contributed by atoms with E-state index in [1.54, 1.807) is 6.07 Å². The monoisotopic (exact) mass is 345 g/mol. The molecular weight excluding hydrogens is 330 g/mol. The van der Waals surface area contributed by atoms with E-state index in [1.165, 1.54) is 6.20 Å². The molecule has 2 heterocycles. The number of halogens is 1. The van der Waals surface area contributed by atoms with E-state index in [-0.39, 0.29) is 5.41 Å². The molecule has 0 spiro atoms. The van der Waals surface area contributed by atoms with Crippen LogP contribution in [-0.4, -0.2) is 6.61 Å². The first-order valence-electron chi connectivity index (χ1n) is 6.80. The molecule has 21 heavy (non-hydrogen) atoms. The Morgan fingerprint density at radius 2 is 2.05 bits per heavy atom. The average molecular weight is 346 g/mol. The molecule has 1 aliphatic heterocycles. The van der Waals surface area contributed by atoms with E-state index >= 15 is 0 Å². The number of pyridine rings is 1. The second kappa shape index (κ2) is 5.19. The van der Waals surface area contributed by atoms with Gasteiger partial charge in [-0.1, -0.05) is 35.9 Å². The lowest BCUT2D eigenvalue weighted by molar-refractivity contribution is -0.607. The first-order valence-corrected chi connectivity index (χ1v) is 7.60. The van der Waals surface area contributed by atoms with Gasteiger partial charge in [0.05, 0.1) is 12.2 Å². The van der Waals surface area contributed by atoms with E-state index in [0.29, 0.717) is 12.3 Å². The maximum Gasteiger partial charge on any atom is 0.224 e. The Hall–Kier alpha value is -1.81. The zero-order chi connectivity index (χ0) is 15.0. The van der Waals surface area contributed by atoms with Gasteiger partial charge in [0.15, 0.2) is 6.20 Å². The Morgan fingerprint density at radius 3 is 2.81 bits per heavy atom. The molecule has 1 aliphatic rings. The summed E-state index contributed by atoms with van der Waals surface area (Å²) < 4.78 is 7.79. The summed E-state index contributed by atoms with van der Waals surface area (Å²) in [7, 11) is 0. The fourth-order valence-corrected chi connectivity index (χ4v) is 2.82. The standard InChI is InChI=1S/C17H16BrNO2/c1-17(2)10-14(15-5-3-4-8-19(15)20)13-9-12(18)6-7-16(13)21-11-17/h3-10H,11H2,1-2H3. The highest BCUT2D eigenvalue weighted by atomic mass is 79.9. The van der Waals surface area contributed by atoms with E-state index in [1.807, 2.05) is 30.3 Å². The Morgan fingerprint density at radius 1 is 1.24 bits per heavy atom. The molecule has 108 valence electrons. The Bertz CT molecular complexity index is 722. The minimum atomic E-state index is -0.149. The molecule has 3 rings (SSSR count). The van der Waals surface area contributed by atoms with Gasteiger partial charge in [0, 0.05) is 27.6 Å². The minimum absolute atomic E-state index is 0.149. The third kappa shape index (κ3) is 2.81. The molecular formula is C17H16BrNO2. The second-order valence-electron chi connectivity index (χ2n) is 5.89. The van der Waals surface area contributed by atoms with Gasteiger partial charge in [-0.25, -0.2) is 0 Å². The van der Waals surface area contributed by atoms with Crippen molar-refractivity contribution < 1.29 is 9.47 Å². The van der Waals surface area contributed by atoms with Crippen molar-refractivity contribution >= 4 is 21.5 Å². The van der Waals surface area contributed by atoms with Gasteiger partial charge in [0.2, 0.25) is 5.69 Å². The van der Waals surface area contributed by atoms with Gasteiger partial charge in [0.1, 0.15) is 5.75 Å². The highest BCUT2D eigenvalue weighted by molar-refractivity contribution is 9.10. The third-order valence-electron chi connectivity index (χ3n) is 3.47. The van der Waals surface area contributed by atoms with E-state index in [0.717, 1.165) is 26.1 Å². The zero-order valence-corrected chi connectivity index (χ0v) is 13.6. The maximum absolute atomic E-state index is 12.2. The largest absolute Gasteiger partial charge is 0.618 e. The van der Waals surface area contributed by atoms with E-state index in [2.05, 4.69) is 35.9 Å². The molecule has 1 aromatic carbocycles. The smallest absolute Gasteiger partial charge is 0.224 e. The van der Waals surface area contributed by atoms with E-state index in [9.17, 15) is 5.21 Å². The van der Waals surface area contributed by atoms with Crippen molar-refractivity contribution in [3.05, 3.63) is 69.6 Å². The van der Waals surface area contributed by atoms with Crippen LogP contribution >= 0.6 is 15.9 Å². The van der Waals surface area contributed by atoms with Crippen LogP contribution < -0.4 is 9.47 Å². The van der Waals surface area contributed by atoms with Crippen molar-refractivity contribution in [3.8, 4) is 5.75 Å². The van der Waals surface area contributed by atoms with Gasteiger partial charge in [-0.3, -0.25) is 0 Å². The molecule has 2 aromatic rings. The number of fused-ring (bicyclic) bond motifs is 1. The lowest BCUT2D eigenvalue weighted by Crippen LogP contribution is -2.30. The van der Waals surface area contributed by atoms with Crippen molar-refractivity contribution in [2.24, 2.45) is 5.41 Å². The summed E-state index contributed by atoms with van der Waals surface area (Å²) >= 11 is 3.50. The summed E-state index contributed by atoms with van der Waals surface area (Å²) in [6.07, 6.45) is 3.64. The molecule has 0 fully saturated rings. The number of hydrogen-bond acceptors (Lipinski definition) is 2. The van der Waals surface area contributed by atoms with Crippen molar-refractivity contribution in [1.82, 2.24) is 0 Å². The number of ether oxygens (including phenoxy) is 1. The lowest BCUT2D eigenvalue weighted by atomic mass is 9.89. The molecule has 1 aromatic heterocycles. The molecule has 0 aliphatic carbocycles. The van der Waals surface area contributed by atoms with Crippen LogP contribution in [0.3, 0.4) is 0 Å². The Labute approximate surface area is 132 Å². The number of nitrogens with zero attached hydrogens (tertiary/aromatic N) is 1. The second-order valence-corrected chi connectivity index (χ2v) is 6.80. The van der Waals surface area contributed by atoms with Gasteiger partial charge in [-0.05, 0) is 24.3 Å². The Kier molecular flexibility index (Phi) is 3.49. The third-order valence-corrected chi connectivity index (χ3v) is 3.96. The van der Waals surface area contributed by atoms with E-state index in [4.69, 9.17) is 4.74 Å². The maximum atomic E-state index is 12.2. The summed E-state index contributed by atoms with van der Waals surface area (Å²) in [6.45, 7) is 4.79. The molecule has 0 atom stereocenters. The van der Waals surface area contributed by atoms with Crippen molar-refractivity contribution in [1.29, 1.82) is 0 Å². The van der Waals surface area contributed by atoms with Crippen LogP contribution in [0.1, 0.15) is 25.1 Å². The molecule has 0 amide bonds. The first kappa shape index (κ1) is 14.1. The number of aromatic nitrogens is 1. The van der Waals surface area contributed by atoms with Crippen LogP contribution in [0.15, 0.2) is 53.1 Å². The highest BCUT2D eigenvalue weighted by Crippen LogP contribution is 2.38. The normalized spacial score (nSPS) is 16.4. The van der Waals surface area contributed by atoms with Gasteiger partial charge in [-0.2, -0.15) is 4.73 Å². The SMILES string of the molecule is CC1(C)C=C(c2cccc[n+]2[O-])c2cc(Br)ccc2OC1. The number of rotatable bonds is 1. The lowest BCUT2D eigenvalue weighted by Gasteiger charge is -2.18. The van der Waals surface area contributed by atoms with Gasteiger partial charge >= 0.3 is 0 Å². The predicted octanol–water partition coefficient (Wildman–Crippen LogP) is 3.93. The number of hydrogen-bond donors (Lipinski definition) is 0. The molecule has 0 bridgehead atoms. The molecule has 0 saturated heterocycles. The van der Waals surface area contributed by atoms with E-state index < -0.39 is 0 Å². The van der Waals surface area contributed by atoms with Crippen LogP contribution in [0.25, 0.3) is 5.57 Å². The van der Waals surface area contributed by atoms with Crippen LogP contribution in [0.2, 0.25) is 0 Å². The number of benzene rings is 1. The van der Waals surface area contributed by atoms with Crippen LogP contribution in [0.5, 0.6) is 5.75 Å². The summed E-state index contributed by atoms with van der Waals surface area (Å²) in [5, 5.41) is 12.2. The summed E-state index contributed by atoms with van der Waals surface area (Å²) in [5.41, 5.74) is 2.33. The summed E-state index contributed by atoms with van der Waals surface area (Å²) in [4.78, 5) is 0. The van der Waals surface area contributed by atoms with Crippen LogP contribution in [0, 0.1) is 10.6 Å². The van der Waals surface area contributed by atoms with Gasteiger partial charge in [0.25, 0.3) is 0 Å². The molecule has 0 N–H and O–H groups in total. The molecule has 0 saturated carbocycles. The van der Waals surface area contributed by atoms with Crippen molar-refractivity contribution in [3.63, 3.8) is 0 Å². The highest BCUT2D eigenvalue weighted by Gasteiger charge is 2.27. The topological polar surface area (TPSA) is 36.2 Å². The minimum Gasteiger partial charge on any atom is -0.618 e. The van der Waals surface area contributed by atoms with Crippen LogP contribution in [-0.2, 0) is 0 Å². The van der Waals surface area contributed by atoms with Crippen LogP contribution in [0.4, 0.5) is 0 Å². The Balaban J connectivity index is 2.27. The quantitative estimate of drug-likeness (QED) is 0.579. The van der Waals surface area contributed by atoms with Gasteiger partial charge < -0.3 is 9.94 Å². The summed E-state index contributed by atoms with van der Waals surface area (Å²) in [5.74, 6) is 0.805. The molecule has 4 heteroatoms. The first-order chi connectivity index (χ1) is 9.96. The fourth-order valence-electron chi connectivity index (χ4n) is 2.46. The predicted molar refractivity (Wildman–Crippen MR) is 85.9 cm³/mol. The average Bonchev–Trinajstić information content (AvgIpc) is 2.56.